The van der Waals surface area contributed by atoms with Crippen LogP contribution in [-0.4, -0.2) is 28.1 Å². The van der Waals surface area contributed by atoms with Gasteiger partial charge >= 0.3 is 6.18 Å². The molecule has 2 aliphatic rings. The van der Waals surface area contributed by atoms with Crippen molar-refractivity contribution in [2.24, 2.45) is 0 Å². The van der Waals surface area contributed by atoms with Crippen LogP contribution in [0.2, 0.25) is 0 Å². The summed E-state index contributed by atoms with van der Waals surface area (Å²) < 4.78 is 41.5. The number of nitrogens with zero attached hydrogens (tertiary/aromatic N) is 2. The van der Waals surface area contributed by atoms with Gasteiger partial charge in [0.1, 0.15) is 11.5 Å². The van der Waals surface area contributed by atoms with E-state index in [0.717, 1.165) is 49.0 Å². The normalized spacial score (nSPS) is 15.8. The quantitative estimate of drug-likeness (QED) is 0.656. The number of rotatable bonds is 6. The zero-order valence-electron chi connectivity index (χ0n) is 18.0. The Morgan fingerprint density at radius 3 is 2.47 bits per heavy atom. The molecule has 0 aliphatic heterocycles. The summed E-state index contributed by atoms with van der Waals surface area (Å²) in [7, 11) is 0. The zero-order chi connectivity index (χ0) is 22.9. The minimum atomic E-state index is -4.54. The van der Waals surface area contributed by atoms with Crippen LogP contribution in [0.3, 0.4) is 0 Å². The molecule has 0 saturated carbocycles. The summed E-state index contributed by atoms with van der Waals surface area (Å²) in [5, 5.41) is 9.93. The van der Waals surface area contributed by atoms with Crippen LogP contribution < -0.4 is 10.6 Å². The number of halogens is 3. The van der Waals surface area contributed by atoms with Crippen LogP contribution in [0.15, 0.2) is 0 Å². The predicted octanol–water partition coefficient (Wildman–Crippen LogP) is 4.50. The van der Waals surface area contributed by atoms with Gasteiger partial charge < -0.3 is 10.6 Å². The van der Waals surface area contributed by atoms with E-state index >= 15 is 0 Å². The third-order valence-electron chi connectivity index (χ3n) is 6.01. The fourth-order valence-electron chi connectivity index (χ4n) is 4.55. The number of nitrogens with one attached hydrogen (secondary N) is 2. The number of aryl methyl sites for hydroxylation is 1. The van der Waals surface area contributed by atoms with Gasteiger partial charge in [0.2, 0.25) is 5.91 Å². The summed E-state index contributed by atoms with van der Waals surface area (Å²) in [6.45, 7) is 2.19. The van der Waals surface area contributed by atoms with Gasteiger partial charge in [0.25, 0.3) is 5.91 Å². The number of hydrogen-bond acceptors (Lipinski definition) is 4. The third kappa shape index (κ3) is 4.55. The maximum atomic E-state index is 13.4. The molecule has 2 amide bonds. The number of carbonyl (C=O) groups excluding carboxylic acids is 2. The van der Waals surface area contributed by atoms with Crippen LogP contribution in [0.1, 0.15) is 76.8 Å². The molecular weight excluding hydrogens is 441 g/mol. The Morgan fingerprint density at radius 1 is 1.06 bits per heavy atom. The summed E-state index contributed by atoms with van der Waals surface area (Å²) in [6, 6.07) is 0. The average Bonchev–Trinajstić information content (AvgIpc) is 3.30. The highest BCUT2D eigenvalue weighted by Gasteiger charge is 2.39. The van der Waals surface area contributed by atoms with E-state index in [1.165, 1.54) is 16.0 Å². The number of thiophene rings is 1. The maximum absolute atomic E-state index is 13.4. The Kier molecular flexibility index (Phi) is 6.60. The minimum Gasteiger partial charge on any atom is -0.352 e. The first-order valence-electron chi connectivity index (χ1n) is 11.2. The summed E-state index contributed by atoms with van der Waals surface area (Å²) >= 11 is 1.40. The van der Waals surface area contributed by atoms with Gasteiger partial charge in [-0.3, -0.25) is 14.3 Å². The highest BCUT2D eigenvalue weighted by atomic mass is 32.1. The van der Waals surface area contributed by atoms with E-state index in [-0.39, 0.29) is 18.0 Å². The number of aromatic nitrogens is 2. The summed E-state index contributed by atoms with van der Waals surface area (Å²) in [4.78, 5) is 26.8. The molecule has 0 fully saturated rings. The molecule has 2 aromatic heterocycles. The second kappa shape index (κ2) is 9.25. The highest BCUT2D eigenvalue weighted by molar-refractivity contribution is 7.17. The van der Waals surface area contributed by atoms with Gasteiger partial charge in [-0.25, -0.2) is 0 Å². The van der Waals surface area contributed by atoms with Gasteiger partial charge in [-0.05, 0) is 63.4 Å². The van der Waals surface area contributed by atoms with Crippen molar-refractivity contribution in [2.75, 3.05) is 11.9 Å². The molecule has 6 nitrogen and oxygen atoms in total. The van der Waals surface area contributed by atoms with E-state index in [4.69, 9.17) is 0 Å². The first-order valence-corrected chi connectivity index (χ1v) is 12.0. The second-order valence-electron chi connectivity index (χ2n) is 8.36. The van der Waals surface area contributed by atoms with Crippen molar-refractivity contribution in [2.45, 2.75) is 77.4 Å². The molecule has 0 spiro atoms. The Morgan fingerprint density at radius 2 is 1.75 bits per heavy atom. The third-order valence-corrected chi connectivity index (χ3v) is 7.21. The van der Waals surface area contributed by atoms with Crippen LogP contribution in [0, 0.1) is 0 Å². The molecule has 10 heteroatoms. The van der Waals surface area contributed by atoms with E-state index < -0.39 is 17.8 Å². The number of hydrogen-bond donors (Lipinski definition) is 2. The Labute approximate surface area is 188 Å². The number of alkyl halides is 3. The summed E-state index contributed by atoms with van der Waals surface area (Å²) in [5.74, 6) is -0.685. The van der Waals surface area contributed by atoms with Crippen LogP contribution >= 0.6 is 11.3 Å². The molecule has 0 radical (unpaired) electrons. The van der Waals surface area contributed by atoms with Crippen LogP contribution in [0.4, 0.5) is 18.2 Å². The van der Waals surface area contributed by atoms with E-state index in [1.54, 1.807) is 0 Å². The van der Waals surface area contributed by atoms with Gasteiger partial charge in [-0.2, -0.15) is 18.3 Å². The van der Waals surface area contributed by atoms with Crippen molar-refractivity contribution in [3.63, 3.8) is 0 Å². The van der Waals surface area contributed by atoms with E-state index in [9.17, 15) is 22.8 Å². The highest BCUT2D eigenvalue weighted by Crippen LogP contribution is 2.39. The fourth-order valence-corrected chi connectivity index (χ4v) is 5.86. The molecule has 2 aromatic rings. The first-order chi connectivity index (χ1) is 15.3. The van der Waals surface area contributed by atoms with E-state index in [2.05, 4.69) is 15.7 Å². The molecule has 0 atom stereocenters. The molecule has 32 heavy (non-hydrogen) atoms. The lowest BCUT2D eigenvalue weighted by molar-refractivity contribution is -0.142. The molecule has 0 bridgehead atoms. The molecule has 0 unspecified atom stereocenters. The lowest BCUT2D eigenvalue weighted by Gasteiger charge is -2.15. The zero-order valence-corrected chi connectivity index (χ0v) is 18.8. The lowest BCUT2D eigenvalue weighted by atomic mass is 9.95. The number of anilines is 1. The Hall–Kier alpha value is -2.36. The SMILES string of the molecule is CCCNC(=O)c1c(NC(=O)Cn2nc(C(F)(F)F)c3c2CCCC3)sc2c1CCCC2. The first kappa shape index (κ1) is 22.8. The largest absolute Gasteiger partial charge is 0.435 e. The number of carbonyl (C=O) groups is 2. The monoisotopic (exact) mass is 468 g/mol. The fraction of sp³-hybridized carbons (Fsp3) is 0.591. The summed E-state index contributed by atoms with van der Waals surface area (Å²) in [5.41, 5.74) is 1.31. The molecule has 174 valence electrons. The van der Waals surface area contributed by atoms with Gasteiger partial charge in [0.05, 0.1) is 5.56 Å². The van der Waals surface area contributed by atoms with Gasteiger partial charge in [0.15, 0.2) is 5.69 Å². The van der Waals surface area contributed by atoms with Crippen molar-refractivity contribution in [3.05, 3.63) is 33.0 Å². The van der Waals surface area contributed by atoms with Crippen molar-refractivity contribution in [1.29, 1.82) is 0 Å². The maximum Gasteiger partial charge on any atom is 0.435 e. The second-order valence-corrected chi connectivity index (χ2v) is 9.46. The Balaban J connectivity index is 1.58. The van der Waals surface area contributed by atoms with Crippen molar-refractivity contribution < 1.29 is 22.8 Å². The van der Waals surface area contributed by atoms with Crippen LogP contribution in [0.5, 0.6) is 0 Å². The molecule has 0 saturated heterocycles. The molecule has 2 aliphatic carbocycles. The summed E-state index contributed by atoms with van der Waals surface area (Å²) in [6.07, 6.45) is 2.20. The lowest BCUT2D eigenvalue weighted by Crippen LogP contribution is -2.27. The number of fused-ring (bicyclic) bond motifs is 2. The topological polar surface area (TPSA) is 76.0 Å². The van der Waals surface area contributed by atoms with Gasteiger partial charge in [0, 0.05) is 22.7 Å². The predicted molar refractivity (Wildman–Crippen MR) is 116 cm³/mol. The Bertz CT molecular complexity index is 1030. The van der Waals surface area contributed by atoms with Gasteiger partial charge in [-0.1, -0.05) is 6.92 Å². The molecule has 0 aromatic carbocycles. The van der Waals surface area contributed by atoms with Crippen molar-refractivity contribution in [3.8, 4) is 0 Å². The molecular formula is C22H27F3N4O2S. The minimum absolute atomic E-state index is 0.211. The van der Waals surface area contributed by atoms with E-state index in [0.29, 0.717) is 42.1 Å². The smallest absolute Gasteiger partial charge is 0.352 e. The molecule has 2 heterocycles. The average molecular weight is 469 g/mol. The number of amides is 2. The van der Waals surface area contributed by atoms with Crippen LogP contribution in [-0.2, 0) is 43.2 Å². The standard InChI is InChI=1S/C22H27F3N4O2S/c1-2-11-26-20(31)18-14-8-4-6-10-16(14)32-21(18)27-17(30)12-29-15-9-5-3-7-13(15)19(28-29)22(23,24)25/h2-12H2,1H3,(H,26,31)(H,27,30). The van der Waals surface area contributed by atoms with Crippen molar-refractivity contribution in [1.82, 2.24) is 15.1 Å². The van der Waals surface area contributed by atoms with Crippen molar-refractivity contribution >= 4 is 28.2 Å². The van der Waals surface area contributed by atoms with Gasteiger partial charge in [-0.15, -0.1) is 11.3 Å². The van der Waals surface area contributed by atoms with Crippen LogP contribution in [0.25, 0.3) is 0 Å². The molecule has 2 N–H and O–H groups in total. The van der Waals surface area contributed by atoms with E-state index in [1.807, 2.05) is 6.92 Å². The molecule has 4 rings (SSSR count).